The summed E-state index contributed by atoms with van der Waals surface area (Å²) in [6.45, 7) is 0.777. The van der Waals surface area contributed by atoms with Gasteiger partial charge in [-0.15, -0.1) is 0 Å². The molecule has 96 valence electrons. The molecule has 3 unspecified atom stereocenters. The van der Waals surface area contributed by atoms with Gasteiger partial charge >= 0.3 is 0 Å². The summed E-state index contributed by atoms with van der Waals surface area (Å²) in [5, 5.41) is 12.8. The first-order valence-corrected chi connectivity index (χ1v) is 6.60. The minimum Gasteiger partial charge on any atom is -0.508 e. The SMILES string of the molecule is NCC1CCC2N=C(c3ccc(O)cc3)NC2C1. The van der Waals surface area contributed by atoms with E-state index in [2.05, 4.69) is 5.32 Å². The topological polar surface area (TPSA) is 70.6 Å². The zero-order valence-corrected chi connectivity index (χ0v) is 10.3. The van der Waals surface area contributed by atoms with Crippen LogP contribution < -0.4 is 11.1 Å². The zero-order chi connectivity index (χ0) is 12.5. The Bertz CT molecular complexity index is 455. The predicted molar refractivity (Wildman–Crippen MR) is 71.8 cm³/mol. The molecule has 1 aromatic carbocycles. The van der Waals surface area contributed by atoms with Crippen molar-refractivity contribution in [2.45, 2.75) is 31.3 Å². The first-order chi connectivity index (χ1) is 8.76. The maximum Gasteiger partial charge on any atom is 0.128 e. The van der Waals surface area contributed by atoms with Crippen molar-refractivity contribution in [3.05, 3.63) is 29.8 Å². The first-order valence-electron chi connectivity index (χ1n) is 6.60. The van der Waals surface area contributed by atoms with Gasteiger partial charge in [0, 0.05) is 5.56 Å². The number of nitrogens with one attached hydrogen (secondary N) is 1. The van der Waals surface area contributed by atoms with E-state index in [0.29, 0.717) is 18.0 Å². The first kappa shape index (κ1) is 11.5. The Morgan fingerprint density at radius 2 is 2.06 bits per heavy atom. The van der Waals surface area contributed by atoms with Gasteiger partial charge in [0.05, 0.1) is 12.1 Å². The Kier molecular flexibility index (Phi) is 2.96. The number of aliphatic imine (C=N–C) groups is 1. The number of phenols is 1. The van der Waals surface area contributed by atoms with Crippen LogP contribution in [0.25, 0.3) is 0 Å². The zero-order valence-electron chi connectivity index (χ0n) is 10.3. The van der Waals surface area contributed by atoms with Crippen LogP contribution in [0, 0.1) is 5.92 Å². The third kappa shape index (κ3) is 2.08. The van der Waals surface area contributed by atoms with Gasteiger partial charge in [0.25, 0.3) is 0 Å². The van der Waals surface area contributed by atoms with E-state index >= 15 is 0 Å². The summed E-state index contributed by atoms with van der Waals surface area (Å²) in [5.41, 5.74) is 6.80. The number of fused-ring (bicyclic) bond motifs is 1. The number of rotatable bonds is 2. The van der Waals surface area contributed by atoms with Crippen LogP contribution in [0.2, 0.25) is 0 Å². The largest absolute Gasteiger partial charge is 0.508 e. The Morgan fingerprint density at radius 1 is 1.28 bits per heavy atom. The number of phenolic OH excluding ortho intramolecular Hbond substituents is 1. The lowest BCUT2D eigenvalue weighted by Gasteiger charge is -2.29. The Morgan fingerprint density at radius 3 is 2.78 bits per heavy atom. The molecule has 4 heteroatoms. The van der Waals surface area contributed by atoms with Crippen LogP contribution >= 0.6 is 0 Å². The molecule has 4 N–H and O–H groups in total. The molecule has 2 aliphatic rings. The molecule has 4 nitrogen and oxygen atoms in total. The Hall–Kier alpha value is -1.55. The van der Waals surface area contributed by atoms with E-state index in [1.54, 1.807) is 12.1 Å². The number of aromatic hydroxyl groups is 1. The summed E-state index contributed by atoms with van der Waals surface area (Å²) in [7, 11) is 0. The van der Waals surface area contributed by atoms with Crippen LogP contribution in [0.15, 0.2) is 29.3 Å². The van der Waals surface area contributed by atoms with Gasteiger partial charge < -0.3 is 16.2 Å². The minimum atomic E-state index is 0.290. The minimum absolute atomic E-state index is 0.290. The molecule has 1 fully saturated rings. The lowest BCUT2D eigenvalue weighted by molar-refractivity contribution is 0.294. The fourth-order valence-electron chi connectivity index (χ4n) is 2.92. The van der Waals surface area contributed by atoms with Crippen molar-refractivity contribution in [3.63, 3.8) is 0 Å². The van der Waals surface area contributed by atoms with Crippen molar-refractivity contribution in [1.82, 2.24) is 5.32 Å². The van der Waals surface area contributed by atoms with E-state index < -0.39 is 0 Å². The van der Waals surface area contributed by atoms with Crippen LogP contribution in [0.5, 0.6) is 5.75 Å². The van der Waals surface area contributed by atoms with E-state index in [1.165, 1.54) is 6.42 Å². The lowest BCUT2D eigenvalue weighted by Crippen LogP contribution is -2.41. The molecule has 0 radical (unpaired) electrons. The van der Waals surface area contributed by atoms with Crippen molar-refractivity contribution in [2.75, 3.05) is 6.54 Å². The summed E-state index contributed by atoms with van der Waals surface area (Å²) in [4.78, 5) is 4.76. The van der Waals surface area contributed by atoms with Crippen molar-refractivity contribution >= 4 is 5.84 Å². The smallest absolute Gasteiger partial charge is 0.128 e. The van der Waals surface area contributed by atoms with Gasteiger partial charge in [-0.2, -0.15) is 0 Å². The van der Waals surface area contributed by atoms with E-state index in [9.17, 15) is 5.11 Å². The van der Waals surface area contributed by atoms with Gasteiger partial charge in [-0.05, 0) is 56.0 Å². The molecule has 1 aromatic rings. The van der Waals surface area contributed by atoms with Gasteiger partial charge in [0.15, 0.2) is 0 Å². The van der Waals surface area contributed by atoms with E-state index in [-0.39, 0.29) is 5.75 Å². The molecule has 1 aliphatic carbocycles. The summed E-state index contributed by atoms with van der Waals surface area (Å²) in [5.74, 6) is 1.88. The van der Waals surface area contributed by atoms with Crippen LogP contribution in [0.3, 0.4) is 0 Å². The van der Waals surface area contributed by atoms with Crippen molar-refractivity contribution in [3.8, 4) is 5.75 Å². The average molecular weight is 245 g/mol. The van der Waals surface area contributed by atoms with Gasteiger partial charge in [-0.1, -0.05) is 0 Å². The van der Waals surface area contributed by atoms with E-state index in [4.69, 9.17) is 10.7 Å². The van der Waals surface area contributed by atoms with Crippen LogP contribution in [0.1, 0.15) is 24.8 Å². The number of hydrogen-bond acceptors (Lipinski definition) is 4. The van der Waals surface area contributed by atoms with E-state index in [0.717, 1.165) is 30.8 Å². The molecule has 0 spiro atoms. The molecule has 0 amide bonds. The van der Waals surface area contributed by atoms with Gasteiger partial charge in [-0.3, -0.25) is 4.99 Å². The highest BCUT2D eigenvalue weighted by atomic mass is 16.3. The molecule has 1 saturated carbocycles. The number of hydrogen-bond donors (Lipinski definition) is 3. The summed E-state index contributed by atoms with van der Waals surface area (Å²) in [6, 6.07) is 8.04. The number of nitrogens with two attached hydrogens (primary N) is 1. The van der Waals surface area contributed by atoms with Crippen LogP contribution in [-0.4, -0.2) is 29.6 Å². The number of benzene rings is 1. The van der Waals surface area contributed by atoms with Gasteiger partial charge in [0.2, 0.25) is 0 Å². The molecule has 3 atom stereocenters. The summed E-state index contributed by atoms with van der Waals surface area (Å²) < 4.78 is 0. The monoisotopic (exact) mass is 245 g/mol. The maximum absolute atomic E-state index is 9.30. The molecule has 3 rings (SSSR count). The van der Waals surface area contributed by atoms with Gasteiger partial charge in [-0.25, -0.2) is 0 Å². The quantitative estimate of drug-likeness (QED) is 0.734. The molecule has 0 saturated heterocycles. The highest BCUT2D eigenvalue weighted by Crippen LogP contribution is 2.29. The molecule has 1 heterocycles. The summed E-state index contributed by atoms with van der Waals surface area (Å²) in [6.07, 6.45) is 3.43. The van der Waals surface area contributed by atoms with Crippen molar-refractivity contribution < 1.29 is 5.11 Å². The Labute approximate surface area is 107 Å². The Balaban J connectivity index is 1.75. The normalized spacial score (nSPS) is 30.5. The second-order valence-corrected chi connectivity index (χ2v) is 5.26. The fraction of sp³-hybridized carbons (Fsp3) is 0.500. The number of amidine groups is 1. The highest BCUT2D eigenvalue weighted by molar-refractivity contribution is 6.00. The molecule has 0 bridgehead atoms. The van der Waals surface area contributed by atoms with E-state index in [1.807, 2.05) is 12.1 Å². The molecular formula is C14H19N3O. The van der Waals surface area contributed by atoms with Gasteiger partial charge in [0.1, 0.15) is 11.6 Å². The average Bonchev–Trinajstić information content (AvgIpc) is 2.82. The maximum atomic E-state index is 9.30. The molecular weight excluding hydrogens is 226 g/mol. The third-order valence-electron chi connectivity index (χ3n) is 4.01. The molecule has 1 aliphatic heterocycles. The fourth-order valence-corrected chi connectivity index (χ4v) is 2.92. The standard InChI is InChI=1S/C14H19N3O/c15-8-9-1-6-12-13(7-9)17-14(16-12)10-2-4-11(18)5-3-10/h2-5,9,12-13,18H,1,6-8,15H2,(H,16,17). The van der Waals surface area contributed by atoms with Crippen molar-refractivity contribution in [2.24, 2.45) is 16.6 Å². The predicted octanol–water partition coefficient (Wildman–Crippen LogP) is 1.24. The second kappa shape index (κ2) is 4.61. The number of nitrogens with zero attached hydrogens (tertiary/aromatic N) is 1. The lowest BCUT2D eigenvalue weighted by atomic mass is 9.83. The third-order valence-corrected chi connectivity index (χ3v) is 4.01. The highest BCUT2D eigenvalue weighted by Gasteiger charge is 2.34. The molecule has 0 aromatic heterocycles. The van der Waals surface area contributed by atoms with Crippen LogP contribution in [0.4, 0.5) is 0 Å². The van der Waals surface area contributed by atoms with Crippen LogP contribution in [-0.2, 0) is 0 Å². The van der Waals surface area contributed by atoms with Crippen molar-refractivity contribution in [1.29, 1.82) is 0 Å². The summed E-state index contributed by atoms with van der Waals surface area (Å²) >= 11 is 0. The molecule has 18 heavy (non-hydrogen) atoms. The second-order valence-electron chi connectivity index (χ2n) is 5.26.